The zero-order chi connectivity index (χ0) is 35.2. The second kappa shape index (κ2) is 18.0. The molecule has 0 aromatic heterocycles. The molecule has 258 valence electrons. The van der Waals surface area contributed by atoms with Crippen LogP contribution in [-0.4, -0.2) is 82.8 Å². The minimum Gasteiger partial charge on any atom is -0.481 e. The van der Waals surface area contributed by atoms with E-state index in [1.54, 1.807) is 48.5 Å². The standard InChI is InChI=1S/C33H43N7O8/c1-20(2)16-25(37-28(42)17-21-11-13-23(14-12-21)36-33(48)35-22-8-4-3-5-9-22)30(45)39-26(18-29(43)44)31(46)38-24-10-6-7-15-40(32(24)47)19-27(34)41/h3-5,8-9,11-14,20,24-26H,6-7,10,15-19H2,1-2H3,(H2,34,41)(H,37,42)(H,38,46)(H,39,45)(H,43,44)(H2,35,36,48)/t24?,25-,26-/m0/s1. The third-order valence-corrected chi connectivity index (χ3v) is 7.42. The Hall–Kier alpha value is -5.47. The number of para-hydroxylation sites is 1. The van der Waals surface area contributed by atoms with Gasteiger partial charge in [0.15, 0.2) is 0 Å². The summed E-state index contributed by atoms with van der Waals surface area (Å²) >= 11 is 0. The van der Waals surface area contributed by atoms with E-state index in [0.29, 0.717) is 29.8 Å². The maximum Gasteiger partial charge on any atom is 0.323 e. The number of nitrogens with zero attached hydrogens (tertiary/aromatic N) is 1. The number of primary amides is 1. The Balaban J connectivity index is 1.61. The Morgan fingerprint density at radius 1 is 0.875 bits per heavy atom. The van der Waals surface area contributed by atoms with E-state index in [-0.39, 0.29) is 38.3 Å². The Morgan fingerprint density at radius 2 is 1.52 bits per heavy atom. The first-order valence-corrected chi connectivity index (χ1v) is 15.7. The van der Waals surface area contributed by atoms with Crippen molar-refractivity contribution < 1.29 is 38.7 Å². The second-order valence-electron chi connectivity index (χ2n) is 12.0. The largest absolute Gasteiger partial charge is 0.481 e. The number of carbonyl (C=O) groups is 7. The van der Waals surface area contributed by atoms with Gasteiger partial charge in [0.05, 0.1) is 19.4 Å². The van der Waals surface area contributed by atoms with E-state index in [1.165, 1.54) is 4.90 Å². The Labute approximate surface area is 278 Å². The van der Waals surface area contributed by atoms with Gasteiger partial charge in [-0.25, -0.2) is 4.79 Å². The van der Waals surface area contributed by atoms with Crippen molar-refractivity contribution in [1.29, 1.82) is 0 Å². The van der Waals surface area contributed by atoms with Crippen LogP contribution in [0.25, 0.3) is 0 Å². The SMILES string of the molecule is CC(C)C[C@H](NC(=O)Cc1ccc(NC(=O)Nc2ccccc2)cc1)C(=O)N[C@@H](CC(=O)O)C(=O)NC1CCCCN(CC(N)=O)C1=O. The van der Waals surface area contributed by atoms with Crippen molar-refractivity contribution in [2.24, 2.45) is 11.7 Å². The predicted molar refractivity (Wildman–Crippen MR) is 176 cm³/mol. The monoisotopic (exact) mass is 665 g/mol. The summed E-state index contributed by atoms with van der Waals surface area (Å²) in [4.78, 5) is 89.0. The molecule has 15 nitrogen and oxygen atoms in total. The number of aliphatic carboxylic acids is 1. The van der Waals surface area contributed by atoms with E-state index in [9.17, 15) is 38.7 Å². The molecule has 0 aliphatic carbocycles. The molecular weight excluding hydrogens is 622 g/mol. The van der Waals surface area contributed by atoms with Crippen LogP contribution < -0.4 is 32.3 Å². The molecule has 3 rings (SSSR count). The lowest BCUT2D eigenvalue weighted by Gasteiger charge is -2.26. The third-order valence-electron chi connectivity index (χ3n) is 7.42. The molecule has 2 aromatic carbocycles. The Kier molecular flexibility index (Phi) is 13.9. The third kappa shape index (κ3) is 12.4. The number of nitrogens with two attached hydrogens (primary N) is 1. The van der Waals surface area contributed by atoms with Gasteiger partial charge >= 0.3 is 12.0 Å². The normalized spacial score (nSPS) is 15.8. The summed E-state index contributed by atoms with van der Waals surface area (Å²) < 4.78 is 0. The fourth-order valence-corrected chi connectivity index (χ4v) is 5.17. The molecule has 3 atom stereocenters. The molecule has 7 amide bonds. The number of urea groups is 1. The van der Waals surface area contributed by atoms with Gasteiger partial charge in [-0.05, 0) is 61.4 Å². The summed E-state index contributed by atoms with van der Waals surface area (Å²) in [6.07, 6.45) is 0.745. The van der Waals surface area contributed by atoms with Crippen molar-refractivity contribution in [3.63, 3.8) is 0 Å². The van der Waals surface area contributed by atoms with Gasteiger partial charge in [-0.2, -0.15) is 0 Å². The van der Waals surface area contributed by atoms with Crippen LogP contribution in [0.2, 0.25) is 0 Å². The molecule has 8 N–H and O–H groups in total. The van der Waals surface area contributed by atoms with E-state index >= 15 is 0 Å². The number of hydrogen-bond acceptors (Lipinski definition) is 7. The van der Waals surface area contributed by atoms with Gasteiger partial charge < -0.3 is 42.3 Å². The van der Waals surface area contributed by atoms with Gasteiger partial charge in [-0.15, -0.1) is 0 Å². The number of carboxylic acid groups (broad SMARTS) is 1. The quantitative estimate of drug-likeness (QED) is 0.146. The number of hydrogen-bond donors (Lipinski definition) is 7. The van der Waals surface area contributed by atoms with Gasteiger partial charge in [-0.3, -0.25) is 28.8 Å². The summed E-state index contributed by atoms with van der Waals surface area (Å²) in [5.74, 6) is -4.78. The maximum absolute atomic E-state index is 13.4. The number of amides is 7. The van der Waals surface area contributed by atoms with Crippen LogP contribution in [0.4, 0.5) is 16.2 Å². The van der Waals surface area contributed by atoms with E-state index in [1.807, 2.05) is 19.9 Å². The molecule has 0 radical (unpaired) electrons. The minimum atomic E-state index is -1.54. The zero-order valence-electron chi connectivity index (χ0n) is 27.0. The van der Waals surface area contributed by atoms with Crippen molar-refractivity contribution in [3.8, 4) is 0 Å². The van der Waals surface area contributed by atoms with Crippen LogP contribution in [0.5, 0.6) is 0 Å². The molecule has 1 saturated heterocycles. The van der Waals surface area contributed by atoms with E-state index in [4.69, 9.17) is 5.73 Å². The van der Waals surface area contributed by atoms with Gasteiger partial charge in [0.1, 0.15) is 18.1 Å². The van der Waals surface area contributed by atoms with Crippen molar-refractivity contribution in [2.45, 2.75) is 70.5 Å². The summed E-state index contributed by atoms with van der Waals surface area (Å²) in [6, 6.07) is 11.4. The van der Waals surface area contributed by atoms with Crippen LogP contribution in [0.15, 0.2) is 54.6 Å². The van der Waals surface area contributed by atoms with Crippen LogP contribution in [-0.2, 0) is 35.2 Å². The second-order valence-corrected chi connectivity index (χ2v) is 12.0. The molecule has 48 heavy (non-hydrogen) atoms. The van der Waals surface area contributed by atoms with E-state index in [2.05, 4.69) is 26.6 Å². The first-order valence-electron chi connectivity index (χ1n) is 15.7. The molecule has 2 aromatic rings. The van der Waals surface area contributed by atoms with E-state index in [0.717, 1.165) is 0 Å². The molecule has 1 heterocycles. The average Bonchev–Trinajstić information content (AvgIpc) is 3.17. The number of rotatable bonds is 15. The lowest BCUT2D eigenvalue weighted by atomic mass is 10.0. The smallest absolute Gasteiger partial charge is 0.323 e. The number of benzene rings is 2. The predicted octanol–water partition coefficient (Wildman–Crippen LogP) is 1.35. The minimum absolute atomic E-state index is 0.0555. The first kappa shape index (κ1) is 37.0. The lowest BCUT2D eigenvalue weighted by molar-refractivity contribution is -0.142. The highest BCUT2D eigenvalue weighted by Gasteiger charge is 2.34. The molecule has 1 unspecified atom stereocenters. The number of anilines is 2. The molecule has 0 saturated carbocycles. The molecule has 0 spiro atoms. The summed E-state index contributed by atoms with van der Waals surface area (Å²) in [5.41, 5.74) is 6.97. The van der Waals surface area contributed by atoms with Gasteiger partial charge in [0.25, 0.3) is 0 Å². The van der Waals surface area contributed by atoms with Crippen LogP contribution in [0, 0.1) is 5.92 Å². The first-order chi connectivity index (χ1) is 22.8. The van der Waals surface area contributed by atoms with Gasteiger partial charge in [0, 0.05) is 17.9 Å². The van der Waals surface area contributed by atoms with E-state index < -0.39 is 66.1 Å². The highest BCUT2D eigenvalue weighted by atomic mass is 16.4. The number of carboxylic acids is 1. The zero-order valence-corrected chi connectivity index (χ0v) is 27.0. The fourth-order valence-electron chi connectivity index (χ4n) is 5.17. The van der Waals surface area contributed by atoms with Crippen molar-refractivity contribution >= 4 is 52.9 Å². The molecule has 0 bridgehead atoms. The molecule has 1 fully saturated rings. The summed E-state index contributed by atoms with van der Waals surface area (Å²) in [5, 5.41) is 22.5. The number of nitrogens with one attached hydrogen (secondary N) is 5. The molecular formula is C33H43N7O8. The summed E-state index contributed by atoms with van der Waals surface area (Å²) in [7, 11) is 0. The van der Waals surface area contributed by atoms with Gasteiger partial charge in [0.2, 0.25) is 29.5 Å². The molecule has 15 heteroatoms. The van der Waals surface area contributed by atoms with Crippen molar-refractivity contribution in [1.82, 2.24) is 20.9 Å². The van der Waals surface area contributed by atoms with Crippen molar-refractivity contribution in [3.05, 3.63) is 60.2 Å². The van der Waals surface area contributed by atoms with Crippen LogP contribution in [0.1, 0.15) is 51.5 Å². The fraction of sp³-hybridized carbons (Fsp3) is 0.424. The van der Waals surface area contributed by atoms with Crippen molar-refractivity contribution in [2.75, 3.05) is 23.7 Å². The maximum atomic E-state index is 13.4. The number of likely N-dealkylation sites (tertiary alicyclic amines) is 1. The highest BCUT2D eigenvalue weighted by Crippen LogP contribution is 2.15. The van der Waals surface area contributed by atoms with Crippen LogP contribution >= 0.6 is 0 Å². The topological polar surface area (TPSA) is 229 Å². The Morgan fingerprint density at radius 3 is 2.12 bits per heavy atom. The average molecular weight is 666 g/mol. The molecule has 1 aliphatic rings. The Bertz CT molecular complexity index is 1470. The number of carbonyl (C=O) groups excluding carboxylic acids is 6. The lowest BCUT2D eigenvalue weighted by Crippen LogP contribution is -2.57. The van der Waals surface area contributed by atoms with Gasteiger partial charge in [-0.1, -0.05) is 44.2 Å². The van der Waals surface area contributed by atoms with Crippen LogP contribution in [0.3, 0.4) is 0 Å². The molecule has 1 aliphatic heterocycles. The highest BCUT2D eigenvalue weighted by molar-refractivity contribution is 6.00. The summed E-state index contributed by atoms with van der Waals surface area (Å²) in [6.45, 7) is 3.64.